The molecule has 0 saturated carbocycles. The van der Waals surface area contributed by atoms with Crippen LogP contribution in [0.3, 0.4) is 0 Å². The Balaban J connectivity index is 2.99. The van der Waals surface area contributed by atoms with E-state index in [9.17, 15) is 9.90 Å². The Bertz CT molecular complexity index is 447. The number of phenolic OH excluding ortho intramolecular Hbond substituents is 1. The number of hydrogen-bond acceptors (Lipinski definition) is 3. The lowest BCUT2D eigenvalue weighted by molar-refractivity contribution is 0.0589. The zero-order valence-corrected chi connectivity index (χ0v) is 13.8. The topological polar surface area (TPSA) is 49.8 Å². The number of phenols is 1. The molecule has 1 amide bonds. The molecule has 0 radical (unpaired) electrons. The Morgan fingerprint density at radius 1 is 1.40 bits per heavy atom. The number of methoxy groups -OCH3 is 1. The summed E-state index contributed by atoms with van der Waals surface area (Å²) >= 11 is 3.22. The van der Waals surface area contributed by atoms with Crippen molar-refractivity contribution < 1.29 is 14.6 Å². The summed E-state index contributed by atoms with van der Waals surface area (Å²) in [5.41, 5.74) is 0.494. The largest absolute Gasteiger partial charge is 0.507 e. The van der Waals surface area contributed by atoms with Crippen molar-refractivity contribution in [3.05, 3.63) is 28.2 Å². The van der Waals surface area contributed by atoms with Crippen LogP contribution in [0.15, 0.2) is 22.7 Å². The number of carbonyl (C=O) groups excluding carboxylic acids is 1. The van der Waals surface area contributed by atoms with Crippen LogP contribution >= 0.6 is 15.9 Å². The van der Waals surface area contributed by atoms with Gasteiger partial charge in [0.05, 0.1) is 11.1 Å². The number of hydrogen-bond donors (Lipinski definition) is 1. The van der Waals surface area contributed by atoms with Crippen molar-refractivity contribution in [3.63, 3.8) is 0 Å². The molecule has 5 heteroatoms. The molecule has 112 valence electrons. The van der Waals surface area contributed by atoms with Crippen LogP contribution in [-0.4, -0.2) is 42.2 Å². The first-order chi connectivity index (χ1) is 9.54. The Labute approximate surface area is 128 Å². The molecule has 0 atom stereocenters. The lowest BCUT2D eigenvalue weighted by Crippen LogP contribution is -2.41. The number of aromatic hydroxyl groups is 1. The highest BCUT2D eigenvalue weighted by atomic mass is 79.9. The van der Waals surface area contributed by atoms with Gasteiger partial charge in [0.15, 0.2) is 0 Å². The SMILES string of the molecule is CCC(CC)N(CCOC)C(=O)c1ccc(Br)c(O)c1. The van der Waals surface area contributed by atoms with Crippen LogP contribution in [0.4, 0.5) is 0 Å². The smallest absolute Gasteiger partial charge is 0.254 e. The van der Waals surface area contributed by atoms with Crippen LogP contribution in [-0.2, 0) is 4.74 Å². The molecule has 1 aromatic carbocycles. The Kier molecular flexibility index (Phi) is 7.02. The molecule has 0 aliphatic heterocycles. The molecule has 0 aliphatic rings. The van der Waals surface area contributed by atoms with Crippen molar-refractivity contribution in [2.45, 2.75) is 32.7 Å². The van der Waals surface area contributed by atoms with Crippen molar-refractivity contribution in [2.24, 2.45) is 0 Å². The lowest BCUT2D eigenvalue weighted by atomic mass is 10.1. The van der Waals surface area contributed by atoms with Crippen LogP contribution in [0.5, 0.6) is 5.75 Å². The van der Waals surface area contributed by atoms with E-state index in [2.05, 4.69) is 29.8 Å². The molecule has 1 aromatic rings. The van der Waals surface area contributed by atoms with E-state index in [0.717, 1.165) is 12.8 Å². The van der Waals surface area contributed by atoms with Gasteiger partial charge in [0, 0.05) is 25.3 Å². The fraction of sp³-hybridized carbons (Fsp3) is 0.533. The number of benzene rings is 1. The maximum Gasteiger partial charge on any atom is 0.254 e. The number of ether oxygens (including phenoxy) is 1. The highest BCUT2D eigenvalue weighted by molar-refractivity contribution is 9.10. The highest BCUT2D eigenvalue weighted by Gasteiger charge is 2.22. The number of nitrogens with zero attached hydrogens (tertiary/aromatic N) is 1. The summed E-state index contributed by atoms with van der Waals surface area (Å²) in [5.74, 6) is 0.00522. The van der Waals surface area contributed by atoms with Crippen molar-refractivity contribution in [2.75, 3.05) is 20.3 Å². The summed E-state index contributed by atoms with van der Waals surface area (Å²) in [5, 5.41) is 9.72. The van der Waals surface area contributed by atoms with E-state index in [1.54, 1.807) is 19.2 Å². The molecule has 20 heavy (non-hydrogen) atoms. The highest BCUT2D eigenvalue weighted by Crippen LogP contribution is 2.25. The van der Waals surface area contributed by atoms with Gasteiger partial charge < -0.3 is 14.7 Å². The van der Waals surface area contributed by atoms with E-state index in [0.29, 0.717) is 23.2 Å². The fourth-order valence-corrected chi connectivity index (χ4v) is 2.43. The minimum absolute atomic E-state index is 0.0708. The average Bonchev–Trinajstić information content (AvgIpc) is 2.45. The molecule has 0 aromatic heterocycles. The zero-order chi connectivity index (χ0) is 15.1. The second-order valence-corrected chi connectivity index (χ2v) is 5.48. The first-order valence-electron chi connectivity index (χ1n) is 6.83. The van der Waals surface area contributed by atoms with Gasteiger partial charge in [-0.1, -0.05) is 13.8 Å². The molecule has 0 spiro atoms. The number of carbonyl (C=O) groups is 1. The molecular weight excluding hydrogens is 322 g/mol. The van der Waals surface area contributed by atoms with E-state index in [4.69, 9.17) is 4.74 Å². The number of halogens is 1. The van der Waals surface area contributed by atoms with E-state index >= 15 is 0 Å². The van der Waals surface area contributed by atoms with Crippen LogP contribution in [0, 0.1) is 0 Å². The third-order valence-corrected chi connectivity index (χ3v) is 4.04. The maximum atomic E-state index is 12.6. The molecule has 0 saturated heterocycles. The minimum Gasteiger partial charge on any atom is -0.507 e. The van der Waals surface area contributed by atoms with Gasteiger partial charge in [-0.2, -0.15) is 0 Å². The van der Waals surface area contributed by atoms with Gasteiger partial charge in [-0.25, -0.2) is 0 Å². The van der Waals surface area contributed by atoms with Gasteiger partial charge in [0.25, 0.3) is 5.91 Å². The normalized spacial score (nSPS) is 10.8. The Morgan fingerprint density at radius 2 is 2.05 bits per heavy atom. The molecule has 0 aliphatic carbocycles. The summed E-state index contributed by atoms with van der Waals surface area (Å²) in [7, 11) is 1.63. The fourth-order valence-electron chi connectivity index (χ4n) is 2.18. The molecule has 0 unspecified atom stereocenters. The Morgan fingerprint density at radius 3 is 2.55 bits per heavy atom. The lowest BCUT2D eigenvalue weighted by Gasteiger charge is -2.30. The summed E-state index contributed by atoms with van der Waals surface area (Å²) < 4.78 is 5.67. The van der Waals surface area contributed by atoms with E-state index in [-0.39, 0.29) is 17.7 Å². The Hall–Kier alpha value is -1.07. The van der Waals surface area contributed by atoms with Crippen LogP contribution in [0.25, 0.3) is 0 Å². The van der Waals surface area contributed by atoms with E-state index in [1.165, 1.54) is 6.07 Å². The zero-order valence-electron chi connectivity index (χ0n) is 12.2. The second-order valence-electron chi connectivity index (χ2n) is 4.63. The van der Waals surface area contributed by atoms with Crippen LogP contribution < -0.4 is 0 Å². The first kappa shape index (κ1) is 17.0. The molecule has 1 rings (SSSR count). The van der Waals surface area contributed by atoms with Gasteiger partial charge in [0.2, 0.25) is 0 Å². The number of rotatable bonds is 7. The average molecular weight is 344 g/mol. The summed E-state index contributed by atoms with van der Waals surface area (Å²) in [6, 6.07) is 5.08. The monoisotopic (exact) mass is 343 g/mol. The molecule has 1 N–H and O–H groups in total. The van der Waals surface area contributed by atoms with Gasteiger partial charge in [-0.15, -0.1) is 0 Å². The van der Waals surface area contributed by atoms with Gasteiger partial charge in [-0.3, -0.25) is 4.79 Å². The van der Waals surface area contributed by atoms with Crippen LogP contribution in [0.1, 0.15) is 37.0 Å². The molecule has 0 bridgehead atoms. The quantitative estimate of drug-likeness (QED) is 0.824. The van der Waals surface area contributed by atoms with E-state index < -0.39 is 0 Å². The molecule has 0 heterocycles. The van der Waals surface area contributed by atoms with Crippen molar-refractivity contribution in [1.29, 1.82) is 0 Å². The maximum absolute atomic E-state index is 12.6. The molecule has 0 fully saturated rings. The predicted octanol–water partition coefficient (Wildman–Crippen LogP) is 3.43. The van der Waals surface area contributed by atoms with Crippen molar-refractivity contribution >= 4 is 21.8 Å². The molecule has 4 nitrogen and oxygen atoms in total. The van der Waals surface area contributed by atoms with Crippen molar-refractivity contribution in [1.82, 2.24) is 4.90 Å². The summed E-state index contributed by atoms with van der Waals surface area (Å²) in [6.45, 7) is 5.20. The van der Waals surface area contributed by atoms with Gasteiger partial charge >= 0.3 is 0 Å². The minimum atomic E-state index is -0.0708. The van der Waals surface area contributed by atoms with E-state index in [1.807, 2.05) is 4.90 Å². The van der Waals surface area contributed by atoms with Crippen LogP contribution in [0.2, 0.25) is 0 Å². The second kappa shape index (κ2) is 8.27. The summed E-state index contributed by atoms with van der Waals surface area (Å²) in [4.78, 5) is 14.4. The molecular formula is C15H22BrNO3. The van der Waals surface area contributed by atoms with Crippen molar-refractivity contribution in [3.8, 4) is 5.75 Å². The standard InChI is InChI=1S/C15H22BrNO3/c1-4-12(5-2)17(8-9-20-3)15(19)11-6-7-13(16)14(18)10-11/h6-7,10,12,18H,4-5,8-9H2,1-3H3. The van der Waals surface area contributed by atoms with Gasteiger partial charge in [0.1, 0.15) is 5.75 Å². The first-order valence-corrected chi connectivity index (χ1v) is 7.62. The van der Waals surface area contributed by atoms with Gasteiger partial charge in [-0.05, 0) is 47.0 Å². The summed E-state index contributed by atoms with van der Waals surface area (Å²) in [6.07, 6.45) is 1.79. The third kappa shape index (κ3) is 4.21. The predicted molar refractivity (Wildman–Crippen MR) is 83.1 cm³/mol. The third-order valence-electron chi connectivity index (χ3n) is 3.37. The number of amides is 1.